The standard InChI is InChI=1S/C16H23NO3/c1-2-3-4-6-11-9-13(18)16(14(19)10-11)12-7-5-8-15(20)17-12/h9-10,12,18-19H,2-8H2,1H3,(H,17,20). The number of amides is 1. The number of aryl methyl sites for hydroxylation is 1. The van der Waals surface area contributed by atoms with E-state index in [1.807, 2.05) is 0 Å². The van der Waals surface area contributed by atoms with Gasteiger partial charge in [-0.25, -0.2) is 0 Å². The van der Waals surface area contributed by atoms with E-state index < -0.39 is 0 Å². The number of unbranched alkanes of at least 4 members (excludes halogenated alkanes) is 2. The first-order chi connectivity index (χ1) is 9.61. The molecular formula is C16H23NO3. The molecule has 1 unspecified atom stereocenters. The van der Waals surface area contributed by atoms with Gasteiger partial charge in [0.2, 0.25) is 5.91 Å². The van der Waals surface area contributed by atoms with Crippen molar-refractivity contribution in [3.8, 4) is 11.5 Å². The SMILES string of the molecule is CCCCCc1cc(O)c(C2CCCC(=O)N2)c(O)c1. The Labute approximate surface area is 119 Å². The van der Waals surface area contributed by atoms with E-state index in [0.29, 0.717) is 12.0 Å². The van der Waals surface area contributed by atoms with Gasteiger partial charge >= 0.3 is 0 Å². The normalized spacial score (nSPS) is 18.9. The van der Waals surface area contributed by atoms with Gasteiger partial charge in [-0.2, -0.15) is 0 Å². The van der Waals surface area contributed by atoms with Crippen LogP contribution in [0.2, 0.25) is 0 Å². The first kappa shape index (κ1) is 14.7. The van der Waals surface area contributed by atoms with Crippen LogP contribution in [0, 0.1) is 0 Å². The van der Waals surface area contributed by atoms with E-state index in [1.54, 1.807) is 12.1 Å². The fourth-order valence-corrected chi connectivity index (χ4v) is 2.78. The molecule has 1 aliphatic rings. The van der Waals surface area contributed by atoms with Gasteiger partial charge in [0.1, 0.15) is 11.5 Å². The number of rotatable bonds is 5. The molecule has 20 heavy (non-hydrogen) atoms. The van der Waals surface area contributed by atoms with Crippen molar-refractivity contribution in [2.24, 2.45) is 0 Å². The fourth-order valence-electron chi connectivity index (χ4n) is 2.78. The van der Waals surface area contributed by atoms with Gasteiger partial charge in [-0.15, -0.1) is 0 Å². The van der Waals surface area contributed by atoms with Crippen LogP contribution < -0.4 is 5.32 Å². The molecule has 1 aromatic rings. The van der Waals surface area contributed by atoms with Crippen LogP contribution in [0.3, 0.4) is 0 Å². The number of carbonyl (C=O) groups is 1. The molecule has 1 aromatic carbocycles. The average Bonchev–Trinajstić information content (AvgIpc) is 2.38. The Morgan fingerprint density at radius 3 is 2.55 bits per heavy atom. The van der Waals surface area contributed by atoms with Crippen molar-refractivity contribution in [3.05, 3.63) is 23.3 Å². The van der Waals surface area contributed by atoms with Gasteiger partial charge in [0.15, 0.2) is 0 Å². The molecular weight excluding hydrogens is 254 g/mol. The number of phenolic OH excluding ortho intramolecular Hbond substituents is 2. The largest absolute Gasteiger partial charge is 0.507 e. The zero-order valence-corrected chi connectivity index (χ0v) is 12.0. The fraction of sp³-hybridized carbons (Fsp3) is 0.562. The highest BCUT2D eigenvalue weighted by atomic mass is 16.3. The number of hydrogen-bond donors (Lipinski definition) is 3. The van der Waals surface area contributed by atoms with E-state index in [-0.39, 0.29) is 23.4 Å². The molecule has 0 spiro atoms. The van der Waals surface area contributed by atoms with Gasteiger partial charge < -0.3 is 15.5 Å². The van der Waals surface area contributed by atoms with Crippen LogP contribution in [0.4, 0.5) is 0 Å². The van der Waals surface area contributed by atoms with Crippen LogP contribution in [0.25, 0.3) is 0 Å². The van der Waals surface area contributed by atoms with Gasteiger partial charge in [-0.1, -0.05) is 19.8 Å². The van der Waals surface area contributed by atoms with Crippen LogP contribution in [-0.2, 0) is 11.2 Å². The third-order valence-electron chi connectivity index (χ3n) is 3.85. The van der Waals surface area contributed by atoms with Crippen LogP contribution in [0.15, 0.2) is 12.1 Å². The molecule has 0 saturated carbocycles. The minimum absolute atomic E-state index is 0.0212. The summed E-state index contributed by atoms with van der Waals surface area (Å²) < 4.78 is 0. The summed E-state index contributed by atoms with van der Waals surface area (Å²) >= 11 is 0. The summed E-state index contributed by atoms with van der Waals surface area (Å²) in [6.45, 7) is 2.14. The molecule has 1 saturated heterocycles. The Balaban J connectivity index is 2.15. The Bertz CT molecular complexity index is 462. The molecule has 4 heteroatoms. The quantitative estimate of drug-likeness (QED) is 0.724. The van der Waals surface area contributed by atoms with Gasteiger partial charge in [0.25, 0.3) is 0 Å². The average molecular weight is 277 g/mol. The van der Waals surface area contributed by atoms with Gasteiger partial charge in [0.05, 0.1) is 11.6 Å². The molecule has 1 aliphatic heterocycles. The van der Waals surface area contributed by atoms with Crippen molar-refractivity contribution in [1.82, 2.24) is 5.32 Å². The van der Waals surface area contributed by atoms with Crippen molar-refractivity contribution in [3.63, 3.8) is 0 Å². The summed E-state index contributed by atoms with van der Waals surface area (Å²) in [6, 6.07) is 3.15. The number of nitrogens with one attached hydrogen (secondary N) is 1. The third-order valence-corrected chi connectivity index (χ3v) is 3.85. The highest BCUT2D eigenvalue weighted by Gasteiger charge is 2.25. The molecule has 0 aliphatic carbocycles. The van der Waals surface area contributed by atoms with E-state index in [9.17, 15) is 15.0 Å². The molecule has 0 bridgehead atoms. The molecule has 0 radical (unpaired) electrons. The molecule has 2 rings (SSSR count). The summed E-state index contributed by atoms with van der Waals surface area (Å²) in [5.74, 6) is 0.152. The van der Waals surface area contributed by atoms with Crippen molar-refractivity contribution < 1.29 is 15.0 Å². The summed E-state index contributed by atoms with van der Waals surface area (Å²) in [5, 5.41) is 23.1. The molecule has 1 heterocycles. The van der Waals surface area contributed by atoms with Gasteiger partial charge in [0, 0.05) is 6.42 Å². The second-order valence-electron chi connectivity index (χ2n) is 5.52. The van der Waals surface area contributed by atoms with Crippen molar-refractivity contribution in [1.29, 1.82) is 0 Å². The number of hydrogen-bond acceptors (Lipinski definition) is 3. The van der Waals surface area contributed by atoms with E-state index in [2.05, 4.69) is 12.2 Å². The maximum Gasteiger partial charge on any atom is 0.220 e. The number of carbonyl (C=O) groups excluding carboxylic acids is 1. The lowest BCUT2D eigenvalue weighted by atomic mass is 9.93. The molecule has 1 atom stereocenters. The molecule has 0 aromatic heterocycles. The molecule has 110 valence electrons. The van der Waals surface area contributed by atoms with Crippen molar-refractivity contribution >= 4 is 5.91 Å². The number of benzene rings is 1. The van der Waals surface area contributed by atoms with E-state index in [4.69, 9.17) is 0 Å². The Hall–Kier alpha value is -1.71. The highest BCUT2D eigenvalue weighted by Crippen LogP contribution is 2.38. The second kappa shape index (κ2) is 6.64. The van der Waals surface area contributed by atoms with E-state index in [0.717, 1.165) is 44.1 Å². The van der Waals surface area contributed by atoms with E-state index in [1.165, 1.54) is 0 Å². The first-order valence-electron chi connectivity index (χ1n) is 7.46. The summed E-state index contributed by atoms with van der Waals surface area (Å²) in [4.78, 5) is 11.4. The topological polar surface area (TPSA) is 69.6 Å². The first-order valence-corrected chi connectivity index (χ1v) is 7.46. The Morgan fingerprint density at radius 1 is 1.25 bits per heavy atom. The second-order valence-corrected chi connectivity index (χ2v) is 5.52. The third kappa shape index (κ3) is 3.44. The molecule has 1 fully saturated rings. The zero-order valence-electron chi connectivity index (χ0n) is 12.0. The lowest BCUT2D eigenvalue weighted by molar-refractivity contribution is -0.123. The lowest BCUT2D eigenvalue weighted by Crippen LogP contribution is -2.32. The lowest BCUT2D eigenvalue weighted by Gasteiger charge is -2.25. The monoisotopic (exact) mass is 277 g/mol. The summed E-state index contributed by atoms with van der Waals surface area (Å²) in [5.41, 5.74) is 1.40. The summed E-state index contributed by atoms with van der Waals surface area (Å²) in [6.07, 6.45) is 6.25. The van der Waals surface area contributed by atoms with Crippen LogP contribution >= 0.6 is 0 Å². The minimum Gasteiger partial charge on any atom is -0.507 e. The Morgan fingerprint density at radius 2 is 1.95 bits per heavy atom. The smallest absolute Gasteiger partial charge is 0.220 e. The van der Waals surface area contributed by atoms with Crippen molar-refractivity contribution in [2.45, 2.75) is 57.9 Å². The predicted octanol–water partition coefficient (Wildman–Crippen LogP) is 3.17. The molecule has 3 N–H and O–H groups in total. The maximum absolute atomic E-state index is 11.4. The van der Waals surface area contributed by atoms with Crippen LogP contribution in [-0.4, -0.2) is 16.1 Å². The van der Waals surface area contributed by atoms with Crippen molar-refractivity contribution in [2.75, 3.05) is 0 Å². The maximum atomic E-state index is 11.4. The number of piperidine rings is 1. The Kier molecular flexibility index (Phi) is 4.88. The van der Waals surface area contributed by atoms with Gasteiger partial charge in [-0.05, 0) is 43.4 Å². The van der Waals surface area contributed by atoms with Crippen LogP contribution in [0.1, 0.15) is 62.6 Å². The molecule has 1 amide bonds. The van der Waals surface area contributed by atoms with E-state index >= 15 is 0 Å². The number of phenols is 2. The highest BCUT2D eigenvalue weighted by molar-refractivity contribution is 5.77. The number of aromatic hydroxyl groups is 2. The molecule has 4 nitrogen and oxygen atoms in total. The predicted molar refractivity (Wildman–Crippen MR) is 77.7 cm³/mol. The zero-order chi connectivity index (χ0) is 14.5. The van der Waals surface area contributed by atoms with Gasteiger partial charge in [-0.3, -0.25) is 4.79 Å². The summed E-state index contributed by atoms with van der Waals surface area (Å²) in [7, 11) is 0. The van der Waals surface area contributed by atoms with Crippen LogP contribution in [0.5, 0.6) is 11.5 Å². The minimum atomic E-state index is -0.277.